The Kier molecular flexibility index (Phi) is 6.93. The van der Waals surface area contributed by atoms with E-state index in [1.165, 1.54) is 11.6 Å². The molecule has 1 aliphatic rings. The van der Waals surface area contributed by atoms with E-state index in [9.17, 15) is 9.90 Å². The summed E-state index contributed by atoms with van der Waals surface area (Å²) in [5.41, 5.74) is 4.50. The van der Waals surface area contributed by atoms with E-state index in [1.807, 2.05) is 48.5 Å². The molecule has 2 atom stereocenters. The van der Waals surface area contributed by atoms with Crippen molar-refractivity contribution in [3.63, 3.8) is 0 Å². The topological polar surface area (TPSA) is 92.8 Å². The molecule has 186 valence electrons. The van der Waals surface area contributed by atoms with Gasteiger partial charge in [0.15, 0.2) is 11.5 Å². The Labute approximate surface area is 209 Å². The number of aliphatic hydroxyl groups excluding tert-OH is 1. The zero-order valence-corrected chi connectivity index (χ0v) is 20.4. The lowest BCUT2D eigenvalue weighted by Crippen LogP contribution is -2.33. The number of hydrogen-bond donors (Lipinski definition) is 3. The highest BCUT2D eigenvalue weighted by Gasteiger charge is 2.27. The van der Waals surface area contributed by atoms with Crippen molar-refractivity contribution >= 4 is 10.9 Å². The Morgan fingerprint density at radius 2 is 1.78 bits per heavy atom. The quantitative estimate of drug-likeness (QED) is 0.332. The van der Waals surface area contributed by atoms with E-state index < -0.39 is 6.10 Å². The summed E-state index contributed by atoms with van der Waals surface area (Å²) in [6.45, 7) is 0.753. The zero-order valence-electron chi connectivity index (χ0n) is 20.4. The lowest BCUT2D eigenvalue weighted by atomic mass is 10.0. The van der Waals surface area contributed by atoms with Crippen LogP contribution in [-0.2, 0) is 19.4 Å². The molecule has 0 spiro atoms. The van der Waals surface area contributed by atoms with Gasteiger partial charge >= 0.3 is 0 Å². The minimum absolute atomic E-state index is 0.176. The fourth-order valence-corrected chi connectivity index (χ4v) is 4.96. The van der Waals surface area contributed by atoms with Crippen LogP contribution in [0.5, 0.6) is 17.2 Å². The highest BCUT2D eigenvalue weighted by molar-refractivity contribution is 5.87. The molecule has 7 nitrogen and oxygen atoms in total. The molecule has 0 fully saturated rings. The first-order chi connectivity index (χ1) is 17.6. The van der Waals surface area contributed by atoms with Crippen LogP contribution in [-0.4, -0.2) is 36.9 Å². The third-order valence-electron chi connectivity index (χ3n) is 6.75. The summed E-state index contributed by atoms with van der Waals surface area (Å²) in [5.74, 6) is 2.08. The van der Waals surface area contributed by atoms with Gasteiger partial charge in [0, 0.05) is 29.6 Å². The molecular formula is C29H30N2O5. The summed E-state index contributed by atoms with van der Waals surface area (Å²) >= 11 is 0. The molecule has 3 N–H and O–H groups in total. The Morgan fingerprint density at radius 3 is 2.56 bits per heavy atom. The average Bonchev–Trinajstić information content (AvgIpc) is 3.33. The predicted molar refractivity (Wildman–Crippen MR) is 139 cm³/mol. The minimum Gasteiger partial charge on any atom is -0.493 e. The van der Waals surface area contributed by atoms with Gasteiger partial charge in [-0.2, -0.15) is 0 Å². The van der Waals surface area contributed by atoms with Crippen LogP contribution >= 0.6 is 0 Å². The Balaban J connectivity index is 1.31. The maximum Gasteiger partial charge on any atom is 0.248 e. The van der Waals surface area contributed by atoms with Gasteiger partial charge in [0.05, 0.1) is 25.8 Å². The highest BCUT2D eigenvalue weighted by atomic mass is 16.5. The molecule has 4 aromatic rings. The van der Waals surface area contributed by atoms with Crippen molar-refractivity contribution in [2.45, 2.75) is 31.6 Å². The van der Waals surface area contributed by atoms with Crippen LogP contribution < -0.4 is 25.1 Å². The number of nitrogens with one attached hydrogen (secondary N) is 2. The van der Waals surface area contributed by atoms with Gasteiger partial charge in [0.2, 0.25) is 5.56 Å². The lowest BCUT2D eigenvalue weighted by molar-refractivity contribution is 0.171. The van der Waals surface area contributed by atoms with Crippen molar-refractivity contribution in [3.05, 3.63) is 99.3 Å². The normalized spacial score (nSPS) is 15.5. The van der Waals surface area contributed by atoms with Gasteiger partial charge in [-0.15, -0.1) is 0 Å². The molecule has 0 saturated heterocycles. The summed E-state index contributed by atoms with van der Waals surface area (Å²) < 4.78 is 17.1. The van der Waals surface area contributed by atoms with Crippen LogP contribution in [0.4, 0.5) is 0 Å². The summed E-state index contributed by atoms with van der Waals surface area (Å²) in [7, 11) is 3.30. The number of H-pyrrole nitrogens is 1. The fraction of sp³-hybridized carbons (Fsp3) is 0.276. The first kappa shape index (κ1) is 23.9. The van der Waals surface area contributed by atoms with Crippen molar-refractivity contribution in [1.82, 2.24) is 10.3 Å². The Morgan fingerprint density at radius 1 is 0.972 bits per heavy atom. The molecule has 5 rings (SSSR count). The summed E-state index contributed by atoms with van der Waals surface area (Å²) in [4.78, 5) is 15.0. The molecule has 0 bridgehead atoms. The van der Waals surface area contributed by atoms with Gasteiger partial charge in [-0.25, -0.2) is 0 Å². The standard InChI is InChI=1S/C29H30N2O5/c1-34-26-11-8-19-14-20(15-23(19)29(26)35-2)30-16-24(32)21-9-12-25(28-22(21)10-13-27(33)31-28)36-17-18-6-4-3-5-7-18/h3-13,20,24,30,32H,14-17H2,1-2H3,(H,31,33)/t20?,24-/m1/s1. The molecule has 0 saturated carbocycles. The van der Waals surface area contributed by atoms with Gasteiger partial charge in [-0.3, -0.25) is 4.79 Å². The maximum absolute atomic E-state index is 12.1. The zero-order chi connectivity index (χ0) is 25.1. The number of aliphatic hydroxyl groups is 1. The van der Waals surface area contributed by atoms with E-state index in [0.29, 0.717) is 24.4 Å². The van der Waals surface area contributed by atoms with Crippen molar-refractivity contribution in [2.24, 2.45) is 0 Å². The number of aromatic amines is 1. The first-order valence-corrected chi connectivity index (χ1v) is 12.0. The molecule has 1 unspecified atom stereocenters. The fourth-order valence-electron chi connectivity index (χ4n) is 4.96. The first-order valence-electron chi connectivity index (χ1n) is 12.0. The van der Waals surface area contributed by atoms with Crippen molar-refractivity contribution in [1.29, 1.82) is 0 Å². The minimum atomic E-state index is -0.762. The number of rotatable bonds is 9. The van der Waals surface area contributed by atoms with E-state index in [2.05, 4.69) is 16.4 Å². The Bertz CT molecular complexity index is 1420. The van der Waals surface area contributed by atoms with Crippen LogP contribution in [0.2, 0.25) is 0 Å². The van der Waals surface area contributed by atoms with Gasteiger partial charge in [0.1, 0.15) is 12.4 Å². The number of methoxy groups -OCH3 is 2. The molecule has 1 aromatic heterocycles. The van der Waals surface area contributed by atoms with Crippen LogP contribution in [0.3, 0.4) is 0 Å². The van der Waals surface area contributed by atoms with Crippen LogP contribution in [0.25, 0.3) is 10.9 Å². The molecule has 1 aliphatic carbocycles. The average molecular weight is 487 g/mol. The second-order valence-corrected chi connectivity index (χ2v) is 9.01. The monoisotopic (exact) mass is 486 g/mol. The van der Waals surface area contributed by atoms with Crippen molar-refractivity contribution in [3.8, 4) is 17.2 Å². The SMILES string of the molecule is COc1ccc2c(c1OC)CC(NC[C@@H](O)c1ccc(OCc3ccccc3)c3[nH]c(=O)ccc13)C2. The van der Waals surface area contributed by atoms with E-state index in [1.54, 1.807) is 20.3 Å². The number of benzene rings is 3. The summed E-state index contributed by atoms with van der Waals surface area (Å²) in [6.07, 6.45) is 0.882. The third-order valence-corrected chi connectivity index (χ3v) is 6.75. The third kappa shape index (κ3) is 4.80. The second kappa shape index (κ2) is 10.4. The molecule has 0 radical (unpaired) electrons. The van der Waals surface area contributed by atoms with E-state index in [4.69, 9.17) is 14.2 Å². The van der Waals surface area contributed by atoms with E-state index >= 15 is 0 Å². The van der Waals surface area contributed by atoms with Crippen LogP contribution in [0.15, 0.2) is 71.5 Å². The van der Waals surface area contributed by atoms with Crippen LogP contribution in [0, 0.1) is 0 Å². The van der Waals surface area contributed by atoms with Gasteiger partial charge in [-0.1, -0.05) is 42.5 Å². The second-order valence-electron chi connectivity index (χ2n) is 9.01. The van der Waals surface area contributed by atoms with Gasteiger partial charge in [-0.05, 0) is 47.7 Å². The van der Waals surface area contributed by atoms with Gasteiger partial charge < -0.3 is 29.6 Å². The summed E-state index contributed by atoms with van der Waals surface area (Å²) in [6, 6.07) is 20.9. The van der Waals surface area contributed by atoms with Crippen molar-refractivity contribution < 1.29 is 19.3 Å². The highest BCUT2D eigenvalue weighted by Crippen LogP contribution is 2.38. The molecule has 1 heterocycles. The van der Waals surface area contributed by atoms with Crippen molar-refractivity contribution in [2.75, 3.05) is 20.8 Å². The number of fused-ring (bicyclic) bond motifs is 2. The van der Waals surface area contributed by atoms with E-state index in [-0.39, 0.29) is 11.6 Å². The maximum atomic E-state index is 12.1. The van der Waals surface area contributed by atoms with E-state index in [0.717, 1.165) is 46.4 Å². The summed E-state index contributed by atoms with van der Waals surface area (Å²) in [5, 5.41) is 15.4. The largest absolute Gasteiger partial charge is 0.493 e. The number of ether oxygens (including phenoxy) is 3. The number of hydrogen-bond acceptors (Lipinski definition) is 6. The molecule has 0 aliphatic heterocycles. The molecule has 7 heteroatoms. The molecule has 36 heavy (non-hydrogen) atoms. The number of pyridine rings is 1. The lowest BCUT2D eigenvalue weighted by Gasteiger charge is -2.19. The molecule has 0 amide bonds. The predicted octanol–water partition coefficient (Wildman–Crippen LogP) is 3.91. The van der Waals surface area contributed by atoms with Gasteiger partial charge in [0.25, 0.3) is 0 Å². The molecular weight excluding hydrogens is 456 g/mol. The molecule has 3 aromatic carbocycles. The smallest absolute Gasteiger partial charge is 0.248 e. The van der Waals surface area contributed by atoms with Crippen LogP contribution in [0.1, 0.15) is 28.4 Å². The number of aromatic nitrogens is 1. The Hall–Kier alpha value is -3.81.